The molecular formula is C18H11FN2. The van der Waals surface area contributed by atoms with Gasteiger partial charge in [-0.3, -0.25) is 9.97 Å². The molecule has 0 radical (unpaired) electrons. The third kappa shape index (κ3) is 1.94. The summed E-state index contributed by atoms with van der Waals surface area (Å²) in [5.74, 6) is -0.232. The van der Waals surface area contributed by atoms with Gasteiger partial charge in [-0.25, -0.2) is 4.39 Å². The lowest BCUT2D eigenvalue weighted by molar-refractivity contribution is 0.640. The first-order chi connectivity index (χ1) is 10.3. The normalized spacial score (nSPS) is 11.1. The maximum absolute atomic E-state index is 13.9. The van der Waals surface area contributed by atoms with Crippen LogP contribution in [0.25, 0.3) is 32.9 Å². The second-order valence-corrected chi connectivity index (χ2v) is 4.91. The smallest absolute Gasteiger partial charge is 0.131 e. The standard InChI is InChI=1S/C18H11FN2/c19-16-6-3-5-15-14(16)8-9-20-18(15)13-10-12-4-1-2-7-17(12)21-11-13/h1-11H. The summed E-state index contributed by atoms with van der Waals surface area (Å²) in [5.41, 5.74) is 2.59. The van der Waals surface area contributed by atoms with Crippen molar-refractivity contribution < 1.29 is 4.39 Å². The van der Waals surface area contributed by atoms with Gasteiger partial charge in [0.25, 0.3) is 0 Å². The third-order valence-electron chi connectivity index (χ3n) is 3.62. The van der Waals surface area contributed by atoms with E-state index in [0.717, 1.165) is 27.5 Å². The zero-order chi connectivity index (χ0) is 14.2. The minimum Gasteiger partial charge on any atom is -0.256 e. The number of rotatable bonds is 1. The van der Waals surface area contributed by atoms with Gasteiger partial charge >= 0.3 is 0 Å². The first-order valence-corrected chi connectivity index (χ1v) is 6.71. The molecule has 100 valence electrons. The predicted molar refractivity (Wildman–Crippen MR) is 82.4 cm³/mol. The third-order valence-corrected chi connectivity index (χ3v) is 3.62. The highest BCUT2D eigenvalue weighted by Crippen LogP contribution is 2.28. The topological polar surface area (TPSA) is 25.8 Å². The second kappa shape index (κ2) is 4.63. The molecule has 0 N–H and O–H groups in total. The predicted octanol–water partition coefficient (Wildman–Crippen LogP) is 4.59. The number of nitrogens with zero attached hydrogens (tertiary/aromatic N) is 2. The number of pyridine rings is 2. The number of fused-ring (bicyclic) bond motifs is 2. The van der Waals surface area contributed by atoms with Crippen LogP contribution in [-0.2, 0) is 0 Å². The Morgan fingerprint density at radius 3 is 2.67 bits per heavy atom. The van der Waals surface area contributed by atoms with E-state index in [2.05, 4.69) is 9.97 Å². The number of halogens is 1. The van der Waals surface area contributed by atoms with Gasteiger partial charge in [0, 0.05) is 34.1 Å². The van der Waals surface area contributed by atoms with Crippen molar-refractivity contribution in [2.24, 2.45) is 0 Å². The first kappa shape index (κ1) is 12.0. The van der Waals surface area contributed by atoms with Crippen molar-refractivity contribution in [2.45, 2.75) is 0 Å². The number of benzene rings is 2. The molecule has 0 aliphatic rings. The molecule has 0 aliphatic heterocycles. The molecule has 0 spiro atoms. The minimum atomic E-state index is -0.232. The van der Waals surface area contributed by atoms with E-state index in [1.807, 2.05) is 36.4 Å². The van der Waals surface area contributed by atoms with E-state index in [1.54, 1.807) is 24.5 Å². The summed E-state index contributed by atoms with van der Waals surface area (Å²) < 4.78 is 13.9. The van der Waals surface area contributed by atoms with Crippen LogP contribution in [0.15, 0.2) is 67.0 Å². The van der Waals surface area contributed by atoms with Gasteiger partial charge < -0.3 is 0 Å². The summed E-state index contributed by atoms with van der Waals surface area (Å²) in [4.78, 5) is 8.87. The van der Waals surface area contributed by atoms with Gasteiger partial charge in [-0.05, 0) is 24.3 Å². The van der Waals surface area contributed by atoms with Crippen molar-refractivity contribution in [2.75, 3.05) is 0 Å². The molecule has 0 saturated carbocycles. The highest BCUT2D eigenvalue weighted by Gasteiger charge is 2.09. The Bertz CT molecular complexity index is 963. The molecule has 0 unspecified atom stereocenters. The van der Waals surface area contributed by atoms with Crippen molar-refractivity contribution in [3.8, 4) is 11.3 Å². The molecule has 4 aromatic rings. The molecule has 0 amide bonds. The maximum Gasteiger partial charge on any atom is 0.131 e. The van der Waals surface area contributed by atoms with Gasteiger partial charge in [0.1, 0.15) is 5.82 Å². The molecule has 21 heavy (non-hydrogen) atoms. The maximum atomic E-state index is 13.9. The van der Waals surface area contributed by atoms with E-state index in [1.165, 1.54) is 6.07 Å². The molecule has 2 heterocycles. The van der Waals surface area contributed by atoms with Gasteiger partial charge in [0.2, 0.25) is 0 Å². The SMILES string of the molecule is Fc1cccc2c(-c3cnc4ccccc4c3)nccc12. The van der Waals surface area contributed by atoms with Gasteiger partial charge in [-0.15, -0.1) is 0 Å². The molecule has 0 saturated heterocycles. The largest absolute Gasteiger partial charge is 0.256 e. The van der Waals surface area contributed by atoms with Crippen LogP contribution in [0.3, 0.4) is 0 Å². The fraction of sp³-hybridized carbons (Fsp3) is 0. The fourth-order valence-electron chi connectivity index (χ4n) is 2.60. The summed E-state index contributed by atoms with van der Waals surface area (Å²) in [6, 6.07) is 16.7. The van der Waals surface area contributed by atoms with Gasteiger partial charge in [-0.1, -0.05) is 30.3 Å². The van der Waals surface area contributed by atoms with E-state index in [-0.39, 0.29) is 5.82 Å². The monoisotopic (exact) mass is 274 g/mol. The summed E-state index contributed by atoms with van der Waals surface area (Å²) in [6.45, 7) is 0. The summed E-state index contributed by atoms with van der Waals surface area (Å²) >= 11 is 0. The van der Waals surface area contributed by atoms with Crippen molar-refractivity contribution >= 4 is 21.7 Å². The second-order valence-electron chi connectivity index (χ2n) is 4.91. The van der Waals surface area contributed by atoms with Crippen molar-refractivity contribution in [3.05, 3.63) is 72.8 Å². The van der Waals surface area contributed by atoms with Crippen LogP contribution in [0, 0.1) is 5.82 Å². The molecule has 0 aliphatic carbocycles. The van der Waals surface area contributed by atoms with Gasteiger partial charge in [-0.2, -0.15) is 0 Å². The lowest BCUT2D eigenvalue weighted by Gasteiger charge is -2.07. The fourth-order valence-corrected chi connectivity index (χ4v) is 2.60. The molecular weight excluding hydrogens is 263 g/mol. The highest BCUT2D eigenvalue weighted by molar-refractivity contribution is 5.96. The lowest BCUT2D eigenvalue weighted by atomic mass is 10.0. The van der Waals surface area contributed by atoms with E-state index in [0.29, 0.717) is 5.39 Å². The van der Waals surface area contributed by atoms with E-state index < -0.39 is 0 Å². The molecule has 2 aromatic heterocycles. The Morgan fingerprint density at radius 2 is 1.71 bits per heavy atom. The zero-order valence-electron chi connectivity index (χ0n) is 11.1. The Labute approximate surface area is 120 Å². The van der Waals surface area contributed by atoms with Crippen LogP contribution in [0.5, 0.6) is 0 Å². The van der Waals surface area contributed by atoms with Crippen molar-refractivity contribution in [3.63, 3.8) is 0 Å². The molecule has 2 aromatic carbocycles. The molecule has 3 heteroatoms. The molecule has 0 fully saturated rings. The van der Waals surface area contributed by atoms with Crippen LogP contribution in [-0.4, -0.2) is 9.97 Å². The van der Waals surface area contributed by atoms with Crippen molar-refractivity contribution in [1.29, 1.82) is 0 Å². The lowest BCUT2D eigenvalue weighted by Crippen LogP contribution is -1.89. The van der Waals surface area contributed by atoms with Crippen LogP contribution >= 0.6 is 0 Å². The van der Waals surface area contributed by atoms with Crippen molar-refractivity contribution in [1.82, 2.24) is 9.97 Å². The Morgan fingerprint density at radius 1 is 0.810 bits per heavy atom. The van der Waals surface area contributed by atoms with Crippen LogP contribution in [0.1, 0.15) is 0 Å². The zero-order valence-corrected chi connectivity index (χ0v) is 11.1. The van der Waals surface area contributed by atoms with E-state index >= 15 is 0 Å². The minimum absolute atomic E-state index is 0.232. The Kier molecular flexibility index (Phi) is 2.64. The van der Waals surface area contributed by atoms with Crippen LogP contribution < -0.4 is 0 Å². The van der Waals surface area contributed by atoms with E-state index in [4.69, 9.17) is 0 Å². The van der Waals surface area contributed by atoms with E-state index in [9.17, 15) is 4.39 Å². The number of aromatic nitrogens is 2. The first-order valence-electron chi connectivity index (χ1n) is 6.71. The van der Waals surface area contributed by atoms with Crippen LogP contribution in [0.2, 0.25) is 0 Å². The number of para-hydroxylation sites is 1. The summed E-state index contributed by atoms with van der Waals surface area (Å²) in [6.07, 6.45) is 3.42. The average molecular weight is 274 g/mol. The summed E-state index contributed by atoms with van der Waals surface area (Å²) in [7, 11) is 0. The summed E-state index contributed by atoms with van der Waals surface area (Å²) in [5, 5.41) is 2.43. The molecule has 0 atom stereocenters. The molecule has 2 nitrogen and oxygen atoms in total. The Hall–Kier alpha value is -2.81. The molecule has 0 bridgehead atoms. The average Bonchev–Trinajstić information content (AvgIpc) is 2.54. The highest BCUT2D eigenvalue weighted by atomic mass is 19.1. The molecule has 4 rings (SSSR count). The quantitative estimate of drug-likeness (QED) is 0.507. The number of hydrogen-bond acceptors (Lipinski definition) is 2. The van der Waals surface area contributed by atoms with Gasteiger partial charge in [0.05, 0.1) is 11.2 Å². The van der Waals surface area contributed by atoms with Gasteiger partial charge in [0.15, 0.2) is 0 Å². The van der Waals surface area contributed by atoms with Crippen LogP contribution in [0.4, 0.5) is 4.39 Å². The Balaban J connectivity index is 2.02. The number of hydrogen-bond donors (Lipinski definition) is 0.